The van der Waals surface area contributed by atoms with E-state index in [1.165, 1.54) is 196 Å². The number of rotatable bonds is 33. The standard InChI is InChI=1S/C37H78Si/c1-4-7-10-13-15-17-18-19-20-21-22-24-26-29-31-34-36(37(38)35-32-27-12-9-6-3)33-30-28-25-23-16-14-11-8-5-2/h36-37H,4-35H2,1-3,38H3. The topological polar surface area (TPSA) is 0 Å². The molecule has 2 unspecified atom stereocenters. The highest BCUT2D eigenvalue weighted by Gasteiger charge is 2.16. The lowest BCUT2D eigenvalue weighted by Crippen LogP contribution is -2.10. The first-order chi connectivity index (χ1) is 18.8. The molecule has 0 fully saturated rings. The molecule has 0 nitrogen and oxygen atoms in total. The third kappa shape index (κ3) is 29.2. The third-order valence-electron chi connectivity index (χ3n) is 9.42. The van der Waals surface area contributed by atoms with Gasteiger partial charge in [0, 0.05) is 10.2 Å². The molecule has 0 N–H and O–H groups in total. The minimum absolute atomic E-state index is 1.07. The van der Waals surface area contributed by atoms with Crippen molar-refractivity contribution in [2.45, 2.75) is 232 Å². The van der Waals surface area contributed by atoms with Crippen LogP contribution in [0.5, 0.6) is 0 Å². The van der Waals surface area contributed by atoms with Crippen molar-refractivity contribution in [3.05, 3.63) is 0 Å². The van der Waals surface area contributed by atoms with Gasteiger partial charge in [-0.3, -0.25) is 0 Å². The summed E-state index contributed by atoms with van der Waals surface area (Å²) >= 11 is 0. The molecule has 0 rings (SSSR count). The van der Waals surface area contributed by atoms with Gasteiger partial charge in [0.05, 0.1) is 0 Å². The van der Waals surface area contributed by atoms with E-state index in [0.29, 0.717) is 0 Å². The van der Waals surface area contributed by atoms with E-state index in [2.05, 4.69) is 20.8 Å². The van der Waals surface area contributed by atoms with Crippen LogP contribution >= 0.6 is 0 Å². The molecular weight excluding hydrogens is 472 g/mol. The summed E-state index contributed by atoms with van der Waals surface area (Å²) in [6, 6.07) is 0. The molecule has 0 amide bonds. The normalized spacial score (nSPS) is 13.3. The van der Waals surface area contributed by atoms with E-state index in [1.54, 1.807) is 19.3 Å². The van der Waals surface area contributed by atoms with E-state index in [0.717, 1.165) is 11.5 Å². The van der Waals surface area contributed by atoms with Crippen molar-refractivity contribution in [2.24, 2.45) is 5.92 Å². The van der Waals surface area contributed by atoms with E-state index in [4.69, 9.17) is 0 Å². The summed E-state index contributed by atoms with van der Waals surface area (Å²) in [6.45, 7) is 6.98. The molecule has 2 atom stereocenters. The first-order valence-corrected chi connectivity index (χ1v) is 19.9. The fourth-order valence-electron chi connectivity index (χ4n) is 6.51. The van der Waals surface area contributed by atoms with Crippen LogP contribution in [-0.4, -0.2) is 10.2 Å². The molecular formula is C37H78Si. The highest BCUT2D eigenvalue weighted by Crippen LogP contribution is 2.32. The maximum Gasteiger partial charge on any atom is 0.00708 e. The van der Waals surface area contributed by atoms with Gasteiger partial charge >= 0.3 is 0 Å². The molecule has 38 heavy (non-hydrogen) atoms. The number of hydrogen-bond donors (Lipinski definition) is 0. The second-order valence-corrected chi connectivity index (χ2v) is 14.8. The van der Waals surface area contributed by atoms with Gasteiger partial charge in [-0.25, -0.2) is 0 Å². The van der Waals surface area contributed by atoms with Crippen molar-refractivity contribution < 1.29 is 0 Å². The predicted molar refractivity (Wildman–Crippen MR) is 182 cm³/mol. The molecule has 0 aromatic rings. The van der Waals surface area contributed by atoms with Crippen molar-refractivity contribution in [2.75, 3.05) is 0 Å². The fraction of sp³-hybridized carbons (Fsp3) is 1.00. The molecule has 1 heteroatoms. The summed E-state index contributed by atoms with van der Waals surface area (Å²) in [4.78, 5) is 0. The lowest BCUT2D eigenvalue weighted by Gasteiger charge is -2.24. The zero-order chi connectivity index (χ0) is 27.8. The van der Waals surface area contributed by atoms with Crippen LogP contribution < -0.4 is 0 Å². The lowest BCUT2D eigenvalue weighted by atomic mass is 9.88. The number of hydrogen-bond acceptors (Lipinski definition) is 0. The summed E-state index contributed by atoms with van der Waals surface area (Å²) in [7, 11) is 1.43. The Morgan fingerprint density at radius 2 is 0.500 bits per heavy atom. The second-order valence-electron chi connectivity index (χ2n) is 13.3. The van der Waals surface area contributed by atoms with Crippen molar-refractivity contribution in [1.82, 2.24) is 0 Å². The van der Waals surface area contributed by atoms with Gasteiger partial charge in [0.2, 0.25) is 0 Å². The zero-order valence-corrected chi connectivity index (χ0v) is 29.8. The summed E-state index contributed by atoms with van der Waals surface area (Å²) in [6.07, 6.45) is 47.5. The van der Waals surface area contributed by atoms with Gasteiger partial charge in [0.15, 0.2) is 0 Å². The first-order valence-electron chi connectivity index (χ1n) is 18.8. The lowest BCUT2D eigenvalue weighted by molar-refractivity contribution is 0.366. The average Bonchev–Trinajstić information content (AvgIpc) is 2.92. The van der Waals surface area contributed by atoms with E-state index in [-0.39, 0.29) is 0 Å². The van der Waals surface area contributed by atoms with Crippen LogP contribution in [0.1, 0.15) is 226 Å². The minimum Gasteiger partial charge on any atom is -0.0654 e. The zero-order valence-electron chi connectivity index (χ0n) is 27.8. The van der Waals surface area contributed by atoms with E-state index < -0.39 is 0 Å². The van der Waals surface area contributed by atoms with Crippen molar-refractivity contribution in [1.29, 1.82) is 0 Å². The van der Waals surface area contributed by atoms with Crippen LogP contribution in [0.25, 0.3) is 0 Å². The predicted octanol–water partition coefficient (Wildman–Crippen LogP) is 13.3. The molecule has 0 heterocycles. The van der Waals surface area contributed by atoms with Crippen molar-refractivity contribution in [3.63, 3.8) is 0 Å². The van der Waals surface area contributed by atoms with E-state index >= 15 is 0 Å². The van der Waals surface area contributed by atoms with Crippen LogP contribution in [0.2, 0.25) is 5.54 Å². The molecule has 0 saturated carbocycles. The van der Waals surface area contributed by atoms with E-state index in [9.17, 15) is 0 Å². The average molecular weight is 551 g/mol. The Hall–Kier alpha value is 0.217. The van der Waals surface area contributed by atoms with Crippen LogP contribution in [0, 0.1) is 5.92 Å². The van der Waals surface area contributed by atoms with Gasteiger partial charge < -0.3 is 0 Å². The summed E-state index contributed by atoms with van der Waals surface area (Å²) in [5.74, 6) is 1.07. The van der Waals surface area contributed by atoms with Gasteiger partial charge in [-0.1, -0.05) is 232 Å². The molecule has 0 saturated heterocycles. The molecule has 0 aliphatic carbocycles. The second kappa shape index (κ2) is 33.4. The quantitative estimate of drug-likeness (QED) is 0.0563. The van der Waals surface area contributed by atoms with Crippen LogP contribution in [0.4, 0.5) is 0 Å². The largest absolute Gasteiger partial charge is 0.0654 e. The van der Waals surface area contributed by atoms with Crippen LogP contribution in [0.3, 0.4) is 0 Å². The summed E-state index contributed by atoms with van der Waals surface area (Å²) in [5, 5.41) is 0. The van der Waals surface area contributed by atoms with Crippen molar-refractivity contribution >= 4 is 10.2 Å². The Labute approximate surface area is 247 Å². The Morgan fingerprint density at radius 1 is 0.289 bits per heavy atom. The van der Waals surface area contributed by atoms with Gasteiger partial charge in [-0.05, 0) is 5.92 Å². The Morgan fingerprint density at radius 3 is 0.763 bits per heavy atom. The number of unbranched alkanes of at least 4 members (excludes halogenated alkanes) is 26. The summed E-state index contributed by atoms with van der Waals surface area (Å²) in [5.41, 5.74) is 1.09. The smallest absolute Gasteiger partial charge is 0.00708 e. The Kier molecular flexibility index (Phi) is 33.6. The maximum atomic E-state index is 2.34. The highest BCUT2D eigenvalue weighted by molar-refractivity contribution is 6.11. The van der Waals surface area contributed by atoms with Crippen LogP contribution in [0.15, 0.2) is 0 Å². The minimum atomic E-state index is 1.07. The van der Waals surface area contributed by atoms with Gasteiger partial charge in [0.25, 0.3) is 0 Å². The van der Waals surface area contributed by atoms with Crippen molar-refractivity contribution in [3.8, 4) is 0 Å². The molecule has 0 aliphatic rings. The molecule has 0 radical (unpaired) electrons. The van der Waals surface area contributed by atoms with E-state index in [1.807, 2.05) is 0 Å². The Bertz CT molecular complexity index is 406. The first kappa shape index (κ1) is 38.2. The molecule has 0 bridgehead atoms. The molecule has 0 aromatic carbocycles. The molecule has 0 aromatic heterocycles. The fourth-order valence-corrected chi connectivity index (χ4v) is 7.59. The SMILES string of the molecule is CCCCCCCCCCCCCCCCCC(CCCCCCCCCCC)C([SiH3])CCCCCCC. The molecule has 230 valence electrons. The summed E-state index contributed by atoms with van der Waals surface area (Å²) < 4.78 is 0. The highest BCUT2D eigenvalue weighted by atomic mass is 28.1. The van der Waals surface area contributed by atoms with Gasteiger partial charge in [-0.2, -0.15) is 0 Å². The van der Waals surface area contributed by atoms with Gasteiger partial charge in [-0.15, -0.1) is 0 Å². The Balaban J connectivity index is 3.87. The van der Waals surface area contributed by atoms with Crippen LogP contribution in [-0.2, 0) is 0 Å². The monoisotopic (exact) mass is 551 g/mol. The van der Waals surface area contributed by atoms with Gasteiger partial charge in [0.1, 0.15) is 0 Å². The third-order valence-corrected chi connectivity index (χ3v) is 10.9. The molecule has 0 spiro atoms. The maximum absolute atomic E-state index is 2.34. The molecule has 0 aliphatic heterocycles.